The van der Waals surface area contributed by atoms with Crippen molar-refractivity contribution in [3.05, 3.63) is 47.0 Å². The summed E-state index contributed by atoms with van der Waals surface area (Å²) >= 11 is 6.15. The zero-order valence-electron chi connectivity index (χ0n) is 15.9. The fourth-order valence-corrected chi connectivity index (χ4v) is 3.89. The van der Waals surface area contributed by atoms with Crippen LogP contribution in [0.1, 0.15) is 47.6 Å². The van der Waals surface area contributed by atoms with Gasteiger partial charge in [-0.2, -0.15) is 9.97 Å². The summed E-state index contributed by atoms with van der Waals surface area (Å²) in [5.74, 6) is -0.275. The standard InChI is InChI=1S/C20H23ClN6O2/c21-20-25-17(16-18(26-20)27(12-24-16)15-3-1-2-4-15)23-10-9-22-11-13-5-7-14(8-6-13)19(28)29/h5-8,12,15,22H,1-4,9-11H2,(H,28,29)(H,23,25,26). The average molecular weight is 415 g/mol. The number of aromatic nitrogens is 4. The number of aromatic carboxylic acids is 1. The largest absolute Gasteiger partial charge is 0.478 e. The lowest BCUT2D eigenvalue weighted by Crippen LogP contribution is -2.22. The van der Waals surface area contributed by atoms with Gasteiger partial charge in [0.15, 0.2) is 17.0 Å². The molecule has 0 aliphatic heterocycles. The number of halogens is 1. The van der Waals surface area contributed by atoms with E-state index >= 15 is 0 Å². The van der Waals surface area contributed by atoms with Gasteiger partial charge in [0, 0.05) is 25.7 Å². The summed E-state index contributed by atoms with van der Waals surface area (Å²) in [6.45, 7) is 2.00. The van der Waals surface area contributed by atoms with Crippen molar-refractivity contribution >= 4 is 34.6 Å². The Morgan fingerprint density at radius 2 is 1.93 bits per heavy atom. The van der Waals surface area contributed by atoms with Crippen LogP contribution >= 0.6 is 11.6 Å². The van der Waals surface area contributed by atoms with Gasteiger partial charge in [0.25, 0.3) is 0 Å². The summed E-state index contributed by atoms with van der Waals surface area (Å²) in [6.07, 6.45) is 6.61. The number of carboxylic acids is 1. The highest BCUT2D eigenvalue weighted by Crippen LogP contribution is 2.32. The molecule has 0 unspecified atom stereocenters. The summed E-state index contributed by atoms with van der Waals surface area (Å²) in [4.78, 5) is 24.1. The molecule has 1 fully saturated rings. The third-order valence-electron chi connectivity index (χ3n) is 5.24. The van der Waals surface area contributed by atoms with Crippen molar-refractivity contribution in [2.24, 2.45) is 0 Å². The van der Waals surface area contributed by atoms with Gasteiger partial charge >= 0.3 is 5.97 Å². The van der Waals surface area contributed by atoms with Crippen molar-refractivity contribution in [2.45, 2.75) is 38.3 Å². The lowest BCUT2D eigenvalue weighted by molar-refractivity contribution is 0.0697. The summed E-state index contributed by atoms with van der Waals surface area (Å²) in [6, 6.07) is 7.28. The Morgan fingerprint density at radius 3 is 2.66 bits per heavy atom. The first-order valence-corrected chi connectivity index (χ1v) is 10.2. The highest BCUT2D eigenvalue weighted by Gasteiger charge is 2.21. The molecule has 9 heteroatoms. The number of benzene rings is 1. The second-order valence-corrected chi connectivity index (χ2v) is 7.55. The van der Waals surface area contributed by atoms with Crippen LogP contribution in [0, 0.1) is 0 Å². The molecule has 0 bridgehead atoms. The Balaban J connectivity index is 1.34. The number of hydrogen-bond acceptors (Lipinski definition) is 6. The van der Waals surface area contributed by atoms with Gasteiger partial charge in [0.2, 0.25) is 5.28 Å². The van der Waals surface area contributed by atoms with Crippen molar-refractivity contribution in [1.29, 1.82) is 0 Å². The topological polar surface area (TPSA) is 105 Å². The Labute approximate surface area is 173 Å². The van der Waals surface area contributed by atoms with E-state index < -0.39 is 5.97 Å². The van der Waals surface area contributed by atoms with Gasteiger partial charge in [-0.05, 0) is 42.1 Å². The number of rotatable bonds is 8. The first-order valence-electron chi connectivity index (χ1n) is 9.79. The fraction of sp³-hybridized carbons (Fsp3) is 0.400. The van der Waals surface area contributed by atoms with Crippen molar-refractivity contribution < 1.29 is 9.90 Å². The number of anilines is 1. The van der Waals surface area contributed by atoms with E-state index in [1.807, 2.05) is 18.5 Å². The molecule has 152 valence electrons. The Hall–Kier alpha value is -2.71. The molecule has 2 heterocycles. The van der Waals surface area contributed by atoms with Crippen molar-refractivity contribution in [3.8, 4) is 0 Å². The zero-order valence-corrected chi connectivity index (χ0v) is 16.7. The van der Waals surface area contributed by atoms with Crippen LogP contribution in [0.5, 0.6) is 0 Å². The second kappa shape index (κ2) is 8.75. The van der Waals surface area contributed by atoms with E-state index in [4.69, 9.17) is 16.7 Å². The van der Waals surface area contributed by atoms with Crippen molar-refractivity contribution in [2.75, 3.05) is 18.4 Å². The molecular formula is C20H23ClN6O2. The SMILES string of the molecule is O=C(O)c1ccc(CNCCNc2nc(Cl)nc3c2ncn3C2CCCC2)cc1. The Bertz CT molecular complexity index is 998. The van der Waals surface area contributed by atoms with Crippen LogP contribution in [0.2, 0.25) is 5.28 Å². The monoisotopic (exact) mass is 414 g/mol. The van der Waals surface area contributed by atoms with Gasteiger partial charge in [-0.15, -0.1) is 0 Å². The molecule has 0 atom stereocenters. The number of hydrogen-bond donors (Lipinski definition) is 3. The molecule has 3 aromatic rings. The summed E-state index contributed by atoms with van der Waals surface area (Å²) in [5, 5.41) is 15.8. The number of fused-ring (bicyclic) bond motifs is 1. The van der Waals surface area contributed by atoms with Crippen molar-refractivity contribution in [1.82, 2.24) is 24.8 Å². The first kappa shape index (κ1) is 19.6. The lowest BCUT2D eigenvalue weighted by Gasteiger charge is -2.12. The maximum atomic E-state index is 10.9. The summed E-state index contributed by atoms with van der Waals surface area (Å²) < 4.78 is 2.13. The van der Waals surface area contributed by atoms with Gasteiger partial charge in [-0.25, -0.2) is 9.78 Å². The van der Waals surface area contributed by atoms with Crippen LogP contribution in [0.15, 0.2) is 30.6 Å². The molecule has 0 amide bonds. The van der Waals surface area contributed by atoms with Crippen LogP contribution in [-0.4, -0.2) is 43.7 Å². The predicted molar refractivity (Wildman–Crippen MR) is 111 cm³/mol. The van der Waals surface area contributed by atoms with E-state index in [1.54, 1.807) is 12.1 Å². The number of carboxylic acid groups (broad SMARTS) is 1. The van der Waals surface area contributed by atoms with E-state index in [0.29, 0.717) is 31.5 Å². The summed E-state index contributed by atoms with van der Waals surface area (Å²) in [7, 11) is 0. The molecule has 4 rings (SSSR count). The van der Waals surface area contributed by atoms with Crippen LogP contribution in [0.25, 0.3) is 11.2 Å². The number of nitrogens with zero attached hydrogens (tertiary/aromatic N) is 4. The number of nitrogens with one attached hydrogen (secondary N) is 2. The third-order valence-corrected chi connectivity index (χ3v) is 5.41. The average Bonchev–Trinajstić information content (AvgIpc) is 3.37. The highest BCUT2D eigenvalue weighted by molar-refractivity contribution is 6.28. The van der Waals surface area contributed by atoms with Crippen LogP contribution in [0.3, 0.4) is 0 Å². The van der Waals surface area contributed by atoms with Gasteiger partial charge in [-0.3, -0.25) is 0 Å². The summed E-state index contributed by atoms with van der Waals surface area (Å²) in [5.41, 5.74) is 2.84. The second-order valence-electron chi connectivity index (χ2n) is 7.21. The molecule has 0 radical (unpaired) electrons. The first-order chi connectivity index (χ1) is 14.1. The lowest BCUT2D eigenvalue weighted by atomic mass is 10.1. The van der Waals surface area contributed by atoms with Crippen molar-refractivity contribution in [3.63, 3.8) is 0 Å². The van der Waals surface area contributed by atoms with E-state index in [9.17, 15) is 4.79 Å². The van der Waals surface area contributed by atoms with E-state index in [1.165, 1.54) is 12.8 Å². The third kappa shape index (κ3) is 4.49. The van der Waals surface area contributed by atoms with Crippen LogP contribution in [0.4, 0.5) is 5.82 Å². The van der Waals surface area contributed by atoms with E-state index in [2.05, 4.69) is 30.2 Å². The maximum Gasteiger partial charge on any atom is 0.335 e. The molecule has 1 saturated carbocycles. The van der Waals surface area contributed by atoms with E-state index in [0.717, 1.165) is 29.6 Å². The Kier molecular flexibility index (Phi) is 5.92. The smallest absolute Gasteiger partial charge is 0.335 e. The minimum atomic E-state index is -0.918. The fourth-order valence-electron chi connectivity index (χ4n) is 3.73. The molecule has 1 aliphatic carbocycles. The number of carbonyl (C=O) groups is 1. The maximum absolute atomic E-state index is 10.9. The molecule has 1 aliphatic rings. The quantitative estimate of drug-likeness (QED) is 0.382. The molecule has 3 N–H and O–H groups in total. The molecule has 8 nitrogen and oxygen atoms in total. The molecule has 2 aromatic heterocycles. The van der Waals surface area contributed by atoms with Gasteiger partial charge in [0.1, 0.15) is 0 Å². The van der Waals surface area contributed by atoms with E-state index in [-0.39, 0.29) is 10.8 Å². The highest BCUT2D eigenvalue weighted by atomic mass is 35.5. The molecular weight excluding hydrogens is 392 g/mol. The minimum absolute atomic E-state index is 0.214. The van der Waals surface area contributed by atoms with Gasteiger partial charge < -0.3 is 20.3 Å². The zero-order chi connectivity index (χ0) is 20.2. The predicted octanol–water partition coefficient (Wildman–Crippen LogP) is 3.49. The van der Waals surface area contributed by atoms with Crippen LogP contribution in [-0.2, 0) is 6.54 Å². The van der Waals surface area contributed by atoms with Gasteiger partial charge in [0.05, 0.1) is 11.9 Å². The normalized spacial score (nSPS) is 14.5. The Morgan fingerprint density at radius 1 is 1.17 bits per heavy atom. The van der Waals surface area contributed by atoms with Gasteiger partial charge in [-0.1, -0.05) is 25.0 Å². The molecule has 0 spiro atoms. The van der Waals surface area contributed by atoms with Crippen LogP contribution < -0.4 is 10.6 Å². The number of imidazole rings is 1. The minimum Gasteiger partial charge on any atom is -0.478 e. The molecule has 1 aromatic carbocycles. The molecule has 29 heavy (non-hydrogen) atoms. The molecule has 0 saturated heterocycles.